The summed E-state index contributed by atoms with van der Waals surface area (Å²) in [5.74, 6) is -0.555. The van der Waals surface area contributed by atoms with E-state index < -0.39 is 11.8 Å². The van der Waals surface area contributed by atoms with Crippen molar-refractivity contribution in [2.24, 2.45) is 4.99 Å². The summed E-state index contributed by atoms with van der Waals surface area (Å²) >= 11 is 5.85. The highest BCUT2D eigenvalue weighted by atomic mass is 35.5. The Morgan fingerprint density at radius 1 is 1.20 bits per heavy atom. The van der Waals surface area contributed by atoms with E-state index in [9.17, 15) is 9.18 Å². The van der Waals surface area contributed by atoms with Crippen molar-refractivity contribution in [1.29, 1.82) is 0 Å². The maximum absolute atomic E-state index is 13.7. The van der Waals surface area contributed by atoms with Crippen LogP contribution in [0.1, 0.15) is 17.5 Å². The third kappa shape index (κ3) is 4.25. The molecule has 0 unspecified atom stereocenters. The highest BCUT2D eigenvalue weighted by Gasteiger charge is 2.22. The van der Waals surface area contributed by atoms with Crippen molar-refractivity contribution < 1.29 is 18.7 Å². The van der Waals surface area contributed by atoms with Crippen LogP contribution in [-0.4, -0.2) is 19.0 Å². The molecule has 0 saturated carbocycles. The Bertz CT molecular complexity index is 859. The fraction of sp³-hybridized carbons (Fsp3) is 0.158. The average Bonchev–Trinajstić information content (AvgIpc) is 2.94. The zero-order chi connectivity index (χ0) is 17.8. The predicted molar refractivity (Wildman–Crippen MR) is 94.2 cm³/mol. The lowest BCUT2D eigenvalue weighted by atomic mass is 10.1. The summed E-state index contributed by atoms with van der Waals surface area (Å²) in [6, 6.07) is 11.9. The molecule has 2 aromatic carbocycles. The van der Waals surface area contributed by atoms with Crippen molar-refractivity contribution in [2.75, 3.05) is 7.11 Å². The molecule has 0 saturated heterocycles. The Hall–Kier alpha value is -2.66. The number of esters is 1. The first-order valence-corrected chi connectivity index (χ1v) is 8.02. The van der Waals surface area contributed by atoms with E-state index in [1.54, 1.807) is 6.07 Å². The standard InChI is InChI=1S/C19H15ClFNO3/c1-24-17-8-4-13(10-15(17)21)11-16-19(23)25-18(22-16)9-5-12-2-6-14(20)7-3-12/h2-4,6-8,10-11H,5,9H2,1H3/b16-11+. The number of methoxy groups -OCH3 is 1. The Morgan fingerprint density at radius 3 is 2.64 bits per heavy atom. The quantitative estimate of drug-likeness (QED) is 0.586. The molecule has 6 heteroatoms. The smallest absolute Gasteiger partial charge is 0.363 e. The van der Waals surface area contributed by atoms with Gasteiger partial charge in [0.2, 0.25) is 0 Å². The first-order chi connectivity index (χ1) is 12.0. The van der Waals surface area contributed by atoms with Gasteiger partial charge in [-0.1, -0.05) is 29.8 Å². The van der Waals surface area contributed by atoms with Crippen LogP contribution in [-0.2, 0) is 16.0 Å². The monoisotopic (exact) mass is 359 g/mol. The largest absolute Gasteiger partial charge is 0.494 e. The third-order valence-corrected chi connectivity index (χ3v) is 3.94. The molecule has 1 aliphatic rings. The molecule has 0 spiro atoms. The van der Waals surface area contributed by atoms with Gasteiger partial charge in [-0.05, 0) is 47.9 Å². The van der Waals surface area contributed by atoms with Gasteiger partial charge in [0.05, 0.1) is 7.11 Å². The summed E-state index contributed by atoms with van der Waals surface area (Å²) in [6.07, 6.45) is 2.65. The van der Waals surface area contributed by atoms with E-state index in [4.69, 9.17) is 21.1 Å². The number of nitrogens with zero attached hydrogens (tertiary/aromatic N) is 1. The van der Waals surface area contributed by atoms with Crippen LogP contribution in [0.15, 0.2) is 53.2 Å². The Labute approximate surface area is 149 Å². The number of carbonyl (C=O) groups excluding carboxylic acids is 1. The molecular formula is C19H15ClFNO3. The number of aryl methyl sites for hydroxylation is 1. The normalized spacial score (nSPS) is 15.2. The summed E-state index contributed by atoms with van der Waals surface area (Å²) in [5, 5.41) is 0.672. The van der Waals surface area contributed by atoms with E-state index in [-0.39, 0.29) is 11.4 Å². The molecule has 0 N–H and O–H groups in total. The number of rotatable bonds is 5. The maximum atomic E-state index is 13.7. The van der Waals surface area contributed by atoms with Crippen LogP contribution in [0.2, 0.25) is 5.02 Å². The lowest BCUT2D eigenvalue weighted by molar-refractivity contribution is -0.130. The van der Waals surface area contributed by atoms with Crippen molar-refractivity contribution in [1.82, 2.24) is 0 Å². The number of ether oxygens (including phenoxy) is 2. The van der Waals surface area contributed by atoms with Crippen LogP contribution >= 0.6 is 11.6 Å². The van der Waals surface area contributed by atoms with Gasteiger partial charge in [-0.15, -0.1) is 0 Å². The van der Waals surface area contributed by atoms with Crippen LogP contribution in [0.25, 0.3) is 6.08 Å². The van der Waals surface area contributed by atoms with Gasteiger partial charge in [-0.3, -0.25) is 0 Å². The van der Waals surface area contributed by atoms with E-state index in [2.05, 4.69) is 4.99 Å². The molecule has 0 fully saturated rings. The van der Waals surface area contributed by atoms with Crippen molar-refractivity contribution in [2.45, 2.75) is 12.8 Å². The second-order valence-corrected chi connectivity index (χ2v) is 5.88. The topological polar surface area (TPSA) is 47.9 Å². The van der Waals surface area contributed by atoms with Crippen molar-refractivity contribution in [3.8, 4) is 5.75 Å². The molecule has 1 heterocycles. The van der Waals surface area contributed by atoms with Gasteiger partial charge in [0.1, 0.15) is 0 Å². The lowest BCUT2D eigenvalue weighted by Crippen LogP contribution is -2.05. The maximum Gasteiger partial charge on any atom is 0.363 e. The van der Waals surface area contributed by atoms with Gasteiger partial charge in [-0.25, -0.2) is 14.2 Å². The number of hydrogen-bond donors (Lipinski definition) is 0. The lowest BCUT2D eigenvalue weighted by Gasteiger charge is -2.01. The van der Waals surface area contributed by atoms with E-state index >= 15 is 0 Å². The zero-order valence-electron chi connectivity index (χ0n) is 13.5. The summed E-state index contributed by atoms with van der Waals surface area (Å²) in [5.41, 5.74) is 1.72. The van der Waals surface area contributed by atoms with E-state index in [0.29, 0.717) is 29.3 Å². The number of halogens is 2. The van der Waals surface area contributed by atoms with Crippen LogP contribution in [0.4, 0.5) is 4.39 Å². The van der Waals surface area contributed by atoms with E-state index in [0.717, 1.165) is 5.56 Å². The van der Waals surface area contributed by atoms with Gasteiger partial charge in [0.25, 0.3) is 0 Å². The minimum atomic E-state index is -0.540. The van der Waals surface area contributed by atoms with Gasteiger partial charge in [-0.2, -0.15) is 0 Å². The summed E-state index contributed by atoms with van der Waals surface area (Å²) in [4.78, 5) is 16.1. The van der Waals surface area contributed by atoms with Gasteiger partial charge in [0, 0.05) is 11.4 Å². The molecule has 0 aliphatic carbocycles. The number of benzene rings is 2. The number of carbonyl (C=O) groups is 1. The van der Waals surface area contributed by atoms with Crippen LogP contribution in [0.5, 0.6) is 5.75 Å². The second-order valence-electron chi connectivity index (χ2n) is 5.45. The first kappa shape index (κ1) is 17.2. The molecule has 2 aromatic rings. The average molecular weight is 360 g/mol. The van der Waals surface area contributed by atoms with Gasteiger partial charge >= 0.3 is 5.97 Å². The predicted octanol–water partition coefficient (Wildman–Crippen LogP) is 4.42. The van der Waals surface area contributed by atoms with Crippen molar-refractivity contribution in [3.63, 3.8) is 0 Å². The minimum absolute atomic E-state index is 0.142. The molecule has 25 heavy (non-hydrogen) atoms. The molecule has 1 aliphatic heterocycles. The Morgan fingerprint density at radius 2 is 1.96 bits per heavy atom. The van der Waals surface area contributed by atoms with Gasteiger partial charge in [0.15, 0.2) is 23.2 Å². The summed E-state index contributed by atoms with van der Waals surface area (Å²) in [7, 11) is 1.39. The number of cyclic esters (lactones) is 1. The molecule has 0 bridgehead atoms. The summed E-state index contributed by atoms with van der Waals surface area (Å²) in [6.45, 7) is 0. The minimum Gasteiger partial charge on any atom is -0.494 e. The van der Waals surface area contributed by atoms with Crippen LogP contribution in [0, 0.1) is 5.82 Å². The fourth-order valence-electron chi connectivity index (χ4n) is 2.39. The number of aliphatic imine (C=N–C) groups is 1. The van der Waals surface area contributed by atoms with Crippen molar-refractivity contribution in [3.05, 3.63) is 70.1 Å². The van der Waals surface area contributed by atoms with Crippen molar-refractivity contribution >= 4 is 29.5 Å². The van der Waals surface area contributed by atoms with E-state index in [1.807, 2.05) is 24.3 Å². The van der Waals surface area contributed by atoms with E-state index in [1.165, 1.54) is 25.3 Å². The van der Waals surface area contributed by atoms with Gasteiger partial charge < -0.3 is 9.47 Å². The SMILES string of the molecule is COc1ccc(/C=C2/N=C(CCc3ccc(Cl)cc3)OC2=O)cc1F. The Balaban J connectivity index is 1.71. The third-order valence-electron chi connectivity index (χ3n) is 3.68. The summed E-state index contributed by atoms with van der Waals surface area (Å²) < 4.78 is 23.8. The second kappa shape index (κ2) is 7.49. The zero-order valence-corrected chi connectivity index (χ0v) is 14.2. The van der Waals surface area contributed by atoms with Crippen LogP contribution in [0.3, 0.4) is 0 Å². The molecule has 0 amide bonds. The van der Waals surface area contributed by atoms with Crippen LogP contribution < -0.4 is 4.74 Å². The first-order valence-electron chi connectivity index (χ1n) is 7.64. The highest BCUT2D eigenvalue weighted by Crippen LogP contribution is 2.22. The molecule has 0 atom stereocenters. The molecule has 128 valence electrons. The molecule has 3 rings (SSSR count). The molecule has 0 aromatic heterocycles. The number of hydrogen-bond acceptors (Lipinski definition) is 4. The highest BCUT2D eigenvalue weighted by molar-refractivity contribution is 6.30. The molecular weight excluding hydrogens is 345 g/mol. The fourth-order valence-corrected chi connectivity index (χ4v) is 2.52. The molecule has 4 nitrogen and oxygen atoms in total. The Kier molecular flexibility index (Phi) is 5.14. The molecule has 0 radical (unpaired) electrons.